The number of nitrogens with two attached hydrogens (primary N) is 1. The molecule has 3 N–H and O–H groups in total. The van der Waals surface area contributed by atoms with Gasteiger partial charge in [-0.2, -0.15) is 0 Å². The van der Waals surface area contributed by atoms with Crippen LogP contribution in [0.5, 0.6) is 0 Å². The van der Waals surface area contributed by atoms with Gasteiger partial charge in [0.15, 0.2) is 0 Å². The molecule has 0 spiro atoms. The maximum absolute atomic E-state index is 13.3. The number of halogens is 2. The Balaban J connectivity index is 1.95. The van der Waals surface area contributed by atoms with E-state index in [9.17, 15) is 4.39 Å². The van der Waals surface area contributed by atoms with Gasteiger partial charge in [0, 0.05) is 22.9 Å². The third kappa shape index (κ3) is 4.67. The van der Waals surface area contributed by atoms with E-state index >= 15 is 0 Å². The van der Waals surface area contributed by atoms with E-state index < -0.39 is 0 Å². The zero-order chi connectivity index (χ0) is 14.4. The molecule has 0 saturated carbocycles. The molecule has 0 amide bonds. The molecular formula is C15H17BrFN3. The number of hydrogen-bond donors (Lipinski definition) is 2. The van der Waals surface area contributed by atoms with Crippen molar-refractivity contribution in [1.29, 1.82) is 0 Å². The van der Waals surface area contributed by atoms with E-state index in [1.54, 1.807) is 18.5 Å². The van der Waals surface area contributed by atoms with Gasteiger partial charge in [-0.15, -0.1) is 0 Å². The molecule has 1 atom stereocenters. The molecule has 20 heavy (non-hydrogen) atoms. The normalized spacial score (nSPS) is 12.3. The molecule has 0 radical (unpaired) electrons. The second kappa shape index (κ2) is 7.47. The Kier molecular flexibility index (Phi) is 5.64. The molecular weight excluding hydrogens is 321 g/mol. The number of rotatable bonds is 6. The molecule has 2 rings (SSSR count). The lowest BCUT2D eigenvalue weighted by molar-refractivity contribution is 0.490. The molecule has 5 heteroatoms. The monoisotopic (exact) mass is 337 g/mol. The molecule has 1 aromatic carbocycles. The van der Waals surface area contributed by atoms with Crippen LogP contribution in [0.4, 0.5) is 4.39 Å². The molecule has 0 bridgehead atoms. The minimum absolute atomic E-state index is 0.108. The summed E-state index contributed by atoms with van der Waals surface area (Å²) >= 11 is 3.30. The summed E-state index contributed by atoms with van der Waals surface area (Å²) in [5.74, 6) is 5.36. The topological polar surface area (TPSA) is 50.9 Å². The van der Waals surface area contributed by atoms with Crippen LogP contribution in [0.3, 0.4) is 0 Å². The molecule has 0 aliphatic heterocycles. The van der Waals surface area contributed by atoms with E-state index in [1.165, 1.54) is 11.6 Å². The van der Waals surface area contributed by atoms with Crippen LogP contribution in [0.25, 0.3) is 0 Å². The summed E-state index contributed by atoms with van der Waals surface area (Å²) in [6, 6.07) is 9.00. The van der Waals surface area contributed by atoms with Crippen LogP contribution >= 0.6 is 15.9 Å². The van der Waals surface area contributed by atoms with Gasteiger partial charge >= 0.3 is 0 Å². The van der Waals surface area contributed by atoms with E-state index in [0.29, 0.717) is 6.42 Å². The van der Waals surface area contributed by atoms with E-state index in [0.717, 1.165) is 22.9 Å². The number of nitrogens with one attached hydrogen (secondary N) is 1. The Hall–Kier alpha value is -1.30. The van der Waals surface area contributed by atoms with Crippen molar-refractivity contribution in [1.82, 2.24) is 10.4 Å². The standard InChI is InChI=1S/C15H17BrFN3/c16-13-7-12(8-14(17)10-13)9-15(20-18)2-1-11-3-5-19-6-4-11/h3-8,10,15,20H,1-2,9,18H2. The number of aryl methyl sites for hydroxylation is 1. The number of benzene rings is 1. The van der Waals surface area contributed by atoms with Gasteiger partial charge in [0.25, 0.3) is 0 Å². The van der Waals surface area contributed by atoms with Gasteiger partial charge in [0.05, 0.1) is 0 Å². The van der Waals surface area contributed by atoms with Crippen molar-refractivity contribution in [3.8, 4) is 0 Å². The molecule has 1 unspecified atom stereocenters. The number of aromatic nitrogens is 1. The van der Waals surface area contributed by atoms with E-state index in [2.05, 4.69) is 26.3 Å². The SMILES string of the molecule is NNC(CCc1ccncc1)Cc1cc(F)cc(Br)c1. The average Bonchev–Trinajstić information content (AvgIpc) is 2.43. The minimum Gasteiger partial charge on any atom is -0.271 e. The van der Waals surface area contributed by atoms with Crippen LogP contribution in [0.15, 0.2) is 47.2 Å². The molecule has 3 nitrogen and oxygen atoms in total. The highest BCUT2D eigenvalue weighted by Gasteiger charge is 2.09. The lowest BCUT2D eigenvalue weighted by Crippen LogP contribution is -2.37. The summed E-state index contributed by atoms with van der Waals surface area (Å²) in [5, 5.41) is 0. The van der Waals surface area contributed by atoms with Crippen molar-refractivity contribution in [2.75, 3.05) is 0 Å². The average molecular weight is 338 g/mol. The van der Waals surface area contributed by atoms with Crippen molar-refractivity contribution >= 4 is 15.9 Å². The van der Waals surface area contributed by atoms with E-state index in [4.69, 9.17) is 5.84 Å². The minimum atomic E-state index is -0.237. The first-order valence-electron chi connectivity index (χ1n) is 6.47. The van der Waals surface area contributed by atoms with Crippen LogP contribution in [0.2, 0.25) is 0 Å². The smallest absolute Gasteiger partial charge is 0.124 e. The first-order valence-corrected chi connectivity index (χ1v) is 7.26. The third-order valence-electron chi connectivity index (χ3n) is 3.17. The molecule has 106 valence electrons. The maximum Gasteiger partial charge on any atom is 0.124 e. The third-order valence-corrected chi connectivity index (χ3v) is 3.63. The second-order valence-corrected chi connectivity index (χ2v) is 5.66. The van der Waals surface area contributed by atoms with Crippen molar-refractivity contribution in [3.05, 3.63) is 64.1 Å². The van der Waals surface area contributed by atoms with Gasteiger partial charge in [-0.3, -0.25) is 16.3 Å². The Morgan fingerprint density at radius 3 is 2.60 bits per heavy atom. The van der Waals surface area contributed by atoms with Gasteiger partial charge in [-0.05, 0) is 60.7 Å². The summed E-state index contributed by atoms with van der Waals surface area (Å²) < 4.78 is 14.1. The summed E-state index contributed by atoms with van der Waals surface area (Å²) in [5.41, 5.74) is 4.95. The highest BCUT2D eigenvalue weighted by atomic mass is 79.9. The van der Waals surface area contributed by atoms with Gasteiger partial charge in [0.2, 0.25) is 0 Å². The molecule has 2 aromatic rings. The Morgan fingerprint density at radius 1 is 1.20 bits per heavy atom. The lowest BCUT2D eigenvalue weighted by atomic mass is 10.00. The number of pyridine rings is 1. The Labute approximate surface area is 126 Å². The molecule has 0 aliphatic rings. The zero-order valence-electron chi connectivity index (χ0n) is 11.0. The lowest BCUT2D eigenvalue weighted by Gasteiger charge is -2.16. The summed E-state index contributed by atoms with van der Waals surface area (Å²) in [6.45, 7) is 0. The predicted molar refractivity (Wildman–Crippen MR) is 81.5 cm³/mol. The maximum atomic E-state index is 13.3. The number of hydrogen-bond acceptors (Lipinski definition) is 3. The van der Waals surface area contributed by atoms with Crippen molar-refractivity contribution in [3.63, 3.8) is 0 Å². The zero-order valence-corrected chi connectivity index (χ0v) is 12.6. The summed E-state index contributed by atoms with van der Waals surface area (Å²) in [4.78, 5) is 3.99. The molecule has 1 heterocycles. The van der Waals surface area contributed by atoms with Gasteiger partial charge in [0.1, 0.15) is 5.82 Å². The predicted octanol–water partition coefficient (Wildman–Crippen LogP) is 2.99. The summed E-state index contributed by atoms with van der Waals surface area (Å²) in [7, 11) is 0. The fourth-order valence-corrected chi connectivity index (χ4v) is 2.66. The first-order chi connectivity index (χ1) is 9.67. The van der Waals surface area contributed by atoms with Gasteiger partial charge in [-0.25, -0.2) is 4.39 Å². The second-order valence-electron chi connectivity index (χ2n) is 4.74. The highest BCUT2D eigenvalue weighted by Crippen LogP contribution is 2.17. The van der Waals surface area contributed by atoms with Crippen molar-refractivity contribution in [2.24, 2.45) is 5.84 Å². The van der Waals surface area contributed by atoms with Gasteiger partial charge < -0.3 is 0 Å². The number of hydrazine groups is 1. The Bertz CT molecular complexity index is 528. The van der Waals surface area contributed by atoms with E-state index in [1.807, 2.05) is 18.2 Å². The number of nitrogens with zero attached hydrogens (tertiary/aromatic N) is 1. The largest absolute Gasteiger partial charge is 0.271 e. The van der Waals surface area contributed by atoms with Crippen molar-refractivity contribution in [2.45, 2.75) is 25.3 Å². The summed E-state index contributed by atoms with van der Waals surface area (Å²) in [6.07, 6.45) is 6.05. The van der Waals surface area contributed by atoms with Gasteiger partial charge in [-0.1, -0.05) is 15.9 Å². The van der Waals surface area contributed by atoms with Crippen LogP contribution < -0.4 is 11.3 Å². The molecule has 0 fully saturated rings. The fraction of sp³-hybridized carbons (Fsp3) is 0.267. The fourth-order valence-electron chi connectivity index (χ4n) is 2.15. The quantitative estimate of drug-likeness (QED) is 0.629. The van der Waals surface area contributed by atoms with Crippen LogP contribution in [0, 0.1) is 5.82 Å². The molecule has 0 saturated heterocycles. The van der Waals surface area contributed by atoms with Crippen LogP contribution in [-0.2, 0) is 12.8 Å². The Morgan fingerprint density at radius 2 is 1.95 bits per heavy atom. The van der Waals surface area contributed by atoms with E-state index in [-0.39, 0.29) is 11.9 Å². The van der Waals surface area contributed by atoms with Crippen LogP contribution in [-0.4, -0.2) is 11.0 Å². The first kappa shape index (κ1) is 15.1. The van der Waals surface area contributed by atoms with Crippen molar-refractivity contribution < 1.29 is 4.39 Å². The molecule has 0 aliphatic carbocycles. The molecule has 1 aromatic heterocycles. The van der Waals surface area contributed by atoms with Crippen LogP contribution in [0.1, 0.15) is 17.5 Å². The highest BCUT2D eigenvalue weighted by molar-refractivity contribution is 9.10.